The first-order chi connectivity index (χ1) is 9.74. The summed E-state index contributed by atoms with van der Waals surface area (Å²) in [6.07, 6.45) is 0.357. The number of benzene rings is 2. The molecule has 0 aliphatic heterocycles. The van der Waals surface area contributed by atoms with Crippen molar-refractivity contribution in [1.82, 2.24) is 0 Å². The molecule has 0 aromatic heterocycles. The zero-order chi connectivity index (χ0) is 14.4. The van der Waals surface area contributed by atoms with Crippen LogP contribution in [0.4, 0.5) is 0 Å². The van der Waals surface area contributed by atoms with Gasteiger partial charge in [0, 0.05) is 10.0 Å². The minimum Gasteiger partial charge on any atom is -0.493 e. The maximum absolute atomic E-state index is 8.75. The third kappa shape index (κ3) is 3.52. The molecule has 0 spiro atoms. The monoisotopic (exact) mass is 331 g/mol. The molecular weight excluding hydrogens is 318 g/mol. The third-order valence-electron chi connectivity index (χ3n) is 2.85. The predicted octanol–water partition coefficient (Wildman–Crippen LogP) is 4.10. The Balaban J connectivity index is 2.17. The fourth-order valence-corrected chi connectivity index (χ4v) is 2.21. The van der Waals surface area contributed by atoms with Crippen molar-refractivity contribution in [2.24, 2.45) is 0 Å². The first kappa shape index (κ1) is 14.4. The molecule has 2 aromatic carbocycles. The molecule has 3 nitrogen and oxygen atoms in total. The molecule has 0 saturated carbocycles. The lowest BCUT2D eigenvalue weighted by Crippen LogP contribution is -1.99. The molecule has 2 rings (SSSR count). The van der Waals surface area contributed by atoms with Gasteiger partial charge >= 0.3 is 0 Å². The van der Waals surface area contributed by atoms with Crippen molar-refractivity contribution in [3.05, 3.63) is 58.1 Å². The van der Waals surface area contributed by atoms with Gasteiger partial charge in [0.05, 0.1) is 19.6 Å². The lowest BCUT2D eigenvalue weighted by molar-refractivity contribution is 0.283. The molecule has 0 saturated heterocycles. The summed E-state index contributed by atoms with van der Waals surface area (Å²) in [5.41, 5.74) is 1.97. The summed E-state index contributed by atoms with van der Waals surface area (Å²) in [5, 5.41) is 8.75. The highest BCUT2D eigenvalue weighted by Crippen LogP contribution is 2.29. The summed E-state index contributed by atoms with van der Waals surface area (Å²) >= 11 is 3.49. The van der Waals surface area contributed by atoms with Crippen molar-refractivity contribution in [2.75, 3.05) is 7.11 Å². The Hall–Kier alpha value is -1.99. The fourth-order valence-electron chi connectivity index (χ4n) is 1.81. The minimum atomic E-state index is 0.357. The van der Waals surface area contributed by atoms with Crippen LogP contribution >= 0.6 is 15.9 Å². The molecule has 102 valence electrons. The average molecular weight is 332 g/mol. The predicted molar refractivity (Wildman–Crippen MR) is 80.8 cm³/mol. The Bertz CT molecular complexity index is 635. The number of hydrogen-bond donors (Lipinski definition) is 0. The van der Waals surface area contributed by atoms with Crippen LogP contribution in [0, 0.1) is 11.3 Å². The molecule has 0 aliphatic carbocycles. The van der Waals surface area contributed by atoms with Crippen molar-refractivity contribution in [2.45, 2.75) is 13.0 Å². The van der Waals surface area contributed by atoms with Crippen LogP contribution in [0.2, 0.25) is 0 Å². The number of halogens is 1. The minimum absolute atomic E-state index is 0.357. The van der Waals surface area contributed by atoms with Gasteiger partial charge < -0.3 is 9.47 Å². The lowest BCUT2D eigenvalue weighted by atomic mass is 10.1. The standard InChI is InChI=1S/C16H14BrNO2/c1-19-15-7-6-12(8-9-18)10-16(15)20-11-13-4-2-3-5-14(13)17/h2-7,10H,8,11H2,1H3. The molecule has 0 heterocycles. The second-order valence-corrected chi connectivity index (χ2v) is 5.05. The van der Waals surface area contributed by atoms with Crippen LogP contribution < -0.4 is 9.47 Å². The molecule has 0 aliphatic rings. The second-order valence-electron chi connectivity index (χ2n) is 4.20. The molecule has 0 fully saturated rings. The van der Waals surface area contributed by atoms with E-state index in [0.717, 1.165) is 15.6 Å². The van der Waals surface area contributed by atoms with Gasteiger partial charge in [-0.2, -0.15) is 5.26 Å². The molecule has 0 amide bonds. The SMILES string of the molecule is COc1ccc(CC#N)cc1OCc1ccccc1Br. The van der Waals surface area contributed by atoms with E-state index in [0.29, 0.717) is 24.5 Å². The number of nitrogens with zero attached hydrogens (tertiary/aromatic N) is 1. The first-order valence-electron chi connectivity index (χ1n) is 6.14. The molecule has 0 radical (unpaired) electrons. The molecule has 4 heteroatoms. The molecule has 0 N–H and O–H groups in total. The van der Waals surface area contributed by atoms with Gasteiger partial charge in [0.25, 0.3) is 0 Å². The Labute approximate surface area is 126 Å². The van der Waals surface area contributed by atoms with Crippen molar-refractivity contribution in [3.63, 3.8) is 0 Å². The molecule has 0 unspecified atom stereocenters. The van der Waals surface area contributed by atoms with Gasteiger partial charge in [0.2, 0.25) is 0 Å². The number of rotatable bonds is 5. The number of hydrogen-bond acceptors (Lipinski definition) is 3. The summed E-state index contributed by atoms with van der Waals surface area (Å²) in [4.78, 5) is 0. The van der Waals surface area contributed by atoms with Gasteiger partial charge in [0.1, 0.15) is 6.61 Å². The first-order valence-corrected chi connectivity index (χ1v) is 6.94. The molecule has 0 atom stereocenters. The highest BCUT2D eigenvalue weighted by molar-refractivity contribution is 9.10. The van der Waals surface area contributed by atoms with Crippen LogP contribution in [0.15, 0.2) is 46.9 Å². The highest BCUT2D eigenvalue weighted by atomic mass is 79.9. The Morgan fingerprint density at radius 1 is 1.15 bits per heavy atom. The maximum Gasteiger partial charge on any atom is 0.161 e. The number of methoxy groups -OCH3 is 1. The van der Waals surface area contributed by atoms with Gasteiger partial charge in [-0.25, -0.2) is 0 Å². The zero-order valence-electron chi connectivity index (χ0n) is 11.1. The molecule has 0 bridgehead atoms. The van der Waals surface area contributed by atoms with E-state index in [1.165, 1.54) is 0 Å². The Morgan fingerprint density at radius 3 is 2.65 bits per heavy atom. The van der Waals surface area contributed by atoms with Crippen LogP contribution in [0.25, 0.3) is 0 Å². The molecule has 2 aromatic rings. The van der Waals surface area contributed by atoms with Gasteiger partial charge in [-0.15, -0.1) is 0 Å². The van der Waals surface area contributed by atoms with Crippen LogP contribution in [0.5, 0.6) is 11.5 Å². The summed E-state index contributed by atoms with van der Waals surface area (Å²) < 4.78 is 12.1. The topological polar surface area (TPSA) is 42.2 Å². The van der Waals surface area contributed by atoms with Crippen molar-refractivity contribution in [3.8, 4) is 17.6 Å². The highest BCUT2D eigenvalue weighted by Gasteiger charge is 2.07. The van der Waals surface area contributed by atoms with Crippen LogP contribution in [0.1, 0.15) is 11.1 Å². The van der Waals surface area contributed by atoms with E-state index in [4.69, 9.17) is 14.7 Å². The molecule has 20 heavy (non-hydrogen) atoms. The third-order valence-corrected chi connectivity index (χ3v) is 3.63. The van der Waals surface area contributed by atoms with E-state index in [2.05, 4.69) is 22.0 Å². The summed E-state index contributed by atoms with van der Waals surface area (Å²) in [5.74, 6) is 1.31. The van der Waals surface area contributed by atoms with E-state index in [-0.39, 0.29) is 0 Å². The smallest absolute Gasteiger partial charge is 0.161 e. The van der Waals surface area contributed by atoms with E-state index >= 15 is 0 Å². The van der Waals surface area contributed by atoms with Crippen molar-refractivity contribution < 1.29 is 9.47 Å². The fraction of sp³-hybridized carbons (Fsp3) is 0.188. The summed E-state index contributed by atoms with van der Waals surface area (Å²) in [6.45, 7) is 0.438. The molecular formula is C16H14BrNO2. The quantitative estimate of drug-likeness (QED) is 0.828. The number of nitriles is 1. The average Bonchev–Trinajstić information content (AvgIpc) is 2.47. The zero-order valence-corrected chi connectivity index (χ0v) is 12.7. The summed E-state index contributed by atoms with van der Waals surface area (Å²) in [7, 11) is 1.60. The Morgan fingerprint density at radius 2 is 1.95 bits per heavy atom. The van der Waals surface area contributed by atoms with Gasteiger partial charge in [0.15, 0.2) is 11.5 Å². The van der Waals surface area contributed by atoms with E-state index in [1.807, 2.05) is 42.5 Å². The Kier molecular flexibility index (Phi) is 5.03. The van der Waals surface area contributed by atoms with E-state index in [9.17, 15) is 0 Å². The van der Waals surface area contributed by atoms with Crippen LogP contribution in [-0.4, -0.2) is 7.11 Å². The lowest BCUT2D eigenvalue weighted by Gasteiger charge is -2.12. The van der Waals surface area contributed by atoms with Crippen LogP contribution in [-0.2, 0) is 13.0 Å². The van der Waals surface area contributed by atoms with Gasteiger partial charge in [-0.1, -0.05) is 40.2 Å². The van der Waals surface area contributed by atoms with Crippen molar-refractivity contribution >= 4 is 15.9 Å². The van der Waals surface area contributed by atoms with Gasteiger partial charge in [-0.05, 0) is 23.8 Å². The number of ether oxygens (including phenoxy) is 2. The van der Waals surface area contributed by atoms with Gasteiger partial charge in [-0.3, -0.25) is 0 Å². The maximum atomic E-state index is 8.75. The van der Waals surface area contributed by atoms with Crippen LogP contribution in [0.3, 0.4) is 0 Å². The van der Waals surface area contributed by atoms with Crippen molar-refractivity contribution in [1.29, 1.82) is 5.26 Å². The summed E-state index contributed by atoms with van der Waals surface area (Å²) in [6, 6.07) is 15.6. The normalized spacial score (nSPS) is 9.85. The van der Waals surface area contributed by atoms with E-state index < -0.39 is 0 Å². The largest absolute Gasteiger partial charge is 0.493 e. The van der Waals surface area contributed by atoms with E-state index in [1.54, 1.807) is 7.11 Å². The second kappa shape index (κ2) is 6.97.